The van der Waals surface area contributed by atoms with E-state index in [1.807, 2.05) is 0 Å². The molecule has 1 amide bonds. The Labute approximate surface area is 177 Å². The van der Waals surface area contributed by atoms with Crippen molar-refractivity contribution >= 4 is 27.5 Å². The van der Waals surface area contributed by atoms with Crippen molar-refractivity contribution in [1.82, 2.24) is 14.5 Å². The predicted octanol–water partition coefficient (Wildman–Crippen LogP) is 2.53. The predicted molar refractivity (Wildman–Crippen MR) is 109 cm³/mol. The topological polar surface area (TPSA) is 82.3 Å². The number of hydrogen-bond donors (Lipinski definition) is 1. The summed E-state index contributed by atoms with van der Waals surface area (Å²) in [7, 11) is 0. The molecular formula is C20H18F3N3O4S. The molecule has 0 saturated carbocycles. The van der Waals surface area contributed by atoms with Gasteiger partial charge in [-0.2, -0.15) is 13.2 Å². The van der Waals surface area contributed by atoms with Gasteiger partial charge in [0, 0.05) is 13.2 Å². The van der Waals surface area contributed by atoms with Gasteiger partial charge in [-0.3, -0.25) is 14.2 Å². The summed E-state index contributed by atoms with van der Waals surface area (Å²) < 4.78 is 46.7. The van der Waals surface area contributed by atoms with Gasteiger partial charge in [-0.05, 0) is 42.5 Å². The molecule has 164 valence electrons. The molecule has 1 aromatic carbocycles. The molecule has 1 atom stereocenters. The third-order valence-corrected chi connectivity index (χ3v) is 5.93. The van der Waals surface area contributed by atoms with E-state index in [2.05, 4.69) is 5.32 Å². The van der Waals surface area contributed by atoms with Crippen molar-refractivity contribution in [2.75, 3.05) is 13.2 Å². The number of aromatic nitrogens is 2. The van der Waals surface area contributed by atoms with Gasteiger partial charge in [0.1, 0.15) is 11.2 Å². The fourth-order valence-corrected chi connectivity index (χ4v) is 4.35. The maximum absolute atomic E-state index is 13.1. The molecule has 0 spiro atoms. The van der Waals surface area contributed by atoms with E-state index in [1.54, 1.807) is 5.38 Å². The average Bonchev–Trinajstić information content (AvgIpc) is 3.41. The molecule has 31 heavy (non-hydrogen) atoms. The van der Waals surface area contributed by atoms with Crippen LogP contribution in [-0.2, 0) is 22.3 Å². The number of fused-ring (bicyclic) bond motifs is 1. The van der Waals surface area contributed by atoms with Crippen LogP contribution in [0.1, 0.15) is 18.4 Å². The Morgan fingerprint density at radius 3 is 2.77 bits per heavy atom. The average molecular weight is 453 g/mol. The number of alkyl halides is 3. The number of thiophene rings is 1. The number of rotatable bonds is 5. The lowest BCUT2D eigenvalue weighted by Crippen LogP contribution is -2.42. The van der Waals surface area contributed by atoms with Crippen LogP contribution in [0.2, 0.25) is 0 Å². The lowest BCUT2D eigenvalue weighted by molar-refractivity contribution is -0.137. The minimum absolute atomic E-state index is 0.0825. The summed E-state index contributed by atoms with van der Waals surface area (Å²) in [5.74, 6) is -0.459. The number of nitrogens with zero attached hydrogens (tertiary/aromatic N) is 2. The summed E-state index contributed by atoms with van der Waals surface area (Å²) in [6.45, 7) is 0.559. The molecule has 1 N–H and O–H groups in total. The molecule has 3 aromatic rings. The lowest BCUT2D eigenvalue weighted by atomic mass is 10.2. The Morgan fingerprint density at radius 1 is 1.26 bits per heavy atom. The van der Waals surface area contributed by atoms with E-state index in [4.69, 9.17) is 4.74 Å². The fourth-order valence-electron chi connectivity index (χ4n) is 3.52. The van der Waals surface area contributed by atoms with Gasteiger partial charge < -0.3 is 10.1 Å². The molecule has 1 saturated heterocycles. The van der Waals surface area contributed by atoms with Crippen LogP contribution in [0.15, 0.2) is 45.3 Å². The van der Waals surface area contributed by atoms with E-state index in [0.29, 0.717) is 17.7 Å². The fraction of sp³-hybridized carbons (Fsp3) is 0.350. The van der Waals surface area contributed by atoms with Crippen LogP contribution in [0.4, 0.5) is 13.2 Å². The maximum Gasteiger partial charge on any atom is 0.416 e. The number of nitrogens with one attached hydrogen (secondary N) is 1. The van der Waals surface area contributed by atoms with Gasteiger partial charge in [-0.15, -0.1) is 11.3 Å². The first kappa shape index (κ1) is 21.3. The Hall–Kier alpha value is -2.92. The van der Waals surface area contributed by atoms with Crippen LogP contribution in [0.5, 0.6) is 0 Å². The van der Waals surface area contributed by atoms with Crippen molar-refractivity contribution in [3.63, 3.8) is 0 Å². The van der Waals surface area contributed by atoms with Crippen molar-refractivity contribution in [3.05, 3.63) is 62.1 Å². The third-order valence-electron chi connectivity index (χ3n) is 5.04. The summed E-state index contributed by atoms with van der Waals surface area (Å²) in [5.41, 5.74) is -2.56. The molecule has 0 aliphatic carbocycles. The summed E-state index contributed by atoms with van der Waals surface area (Å²) in [5, 5.41) is 4.29. The van der Waals surface area contributed by atoms with Gasteiger partial charge in [-0.25, -0.2) is 9.36 Å². The molecule has 3 heterocycles. The van der Waals surface area contributed by atoms with Gasteiger partial charge in [0.2, 0.25) is 5.91 Å². The second-order valence-electron chi connectivity index (χ2n) is 7.13. The summed E-state index contributed by atoms with van der Waals surface area (Å²) in [6.07, 6.45) is -2.97. The molecule has 1 fully saturated rings. The normalized spacial score (nSPS) is 16.7. The molecule has 11 heteroatoms. The Bertz CT molecular complexity index is 1240. The molecule has 2 aromatic heterocycles. The molecule has 1 aliphatic heterocycles. The molecule has 1 aliphatic rings. The zero-order valence-corrected chi connectivity index (χ0v) is 17.0. The Morgan fingerprint density at radius 2 is 2.06 bits per heavy atom. The third kappa shape index (κ3) is 4.28. The molecule has 4 rings (SSSR count). The smallest absolute Gasteiger partial charge is 0.376 e. The number of amides is 1. The first-order valence-corrected chi connectivity index (χ1v) is 10.4. The standard InChI is InChI=1S/C20H18F3N3O4S/c21-20(22,23)12-3-1-4-13(9-12)26-18(28)17-15(6-8-31-17)25(19(26)29)11-16(27)24-10-14-5-2-7-30-14/h1,3-4,6,8-9,14H,2,5,7,10-11H2,(H,24,27)/t14-/m0/s1. The van der Waals surface area contributed by atoms with Crippen molar-refractivity contribution in [2.24, 2.45) is 0 Å². The highest BCUT2D eigenvalue weighted by atomic mass is 32.1. The Kier molecular flexibility index (Phi) is 5.71. The minimum Gasteiger partial charge on any atom is -0.376 e. The van der Waals surface area contributed by atoms with Gasteiger partial charge in [0.25, 0.3) is 5.56 Å². The van der Waals surface area contributed by atoms with Gasteiger partial charge in [0.05, 0.1) is 22.9 Å². The van der Waals surface area contributed by atoms with Crippen LogP contribution in [0.25, 0.3) is 15.9 Å². The SMILES string of the molecule is O=C(Cn1c(=O)n(-c2cccc(C(F)(F)F)c2)c(=O)c2sccc21)NC[C@@H]1CCCO1. The summed E-state index contributed by atoms with van der Waals surface area (Å²) in [4.78, 5) is 38.4. The second-order valence-corrected chi connectivity index (χ2v) is 8.05. The highest BCUT2D eigenvalue weighted by Crippen LogP contribution is 2.30. The second kappa shape index (κ2) is 8.31. The largest absolute Gasteiger partial charge is 0.416 e. The van der Waals surface area contributed by atoms with Crippen molar-refractivity contribution in [2.45, 2.75) is 31.7 Å². The van der Waals surface area contributed by atoms with Crippen LogP contribution in [-0.4, -0.2) is 34.3 Å². The van der Waals surface area contributed by atoms with Crippen molar-refractivity contribution in [1.29, 1.82) is 0 Å². The van der Waals surface area contributed by atoms with E-state index in [0.717, 1.165) is 46.9 Å². The highest BCUT2D eigenvalue weighted by molar-refractivity contribution is 7.17. The van der Waals surface area contributed by atoms with Crippen LogP contribution in [0, 0.1) is 0 Å². The summed E-state index contributed by atoms with van der Waals surface area (Å²) >= 11 is 1.05. The van der Waals surface area contributed by atoms with E-state index in [1.165, 1.54) is 12.1 Å². The molecule has 7 nitrogen and oxygen atoms in total. The number of halogens is 3. The number of carbonyl (C=O) groups excluding carboxylic acids is 1. The molecule has 0 unspecified atom stereocenters. The molecule has 0 radical (unpaired) electrons. The van der Waals surface area contributed by atoms with Crippen LogP contribution in [0.3, 0.4) is 0 Å². The van der Waals surface area contributed by atoms with Crippen LogP contribution < -0.4 is 16.6 Å². The minimum atomic E-state index is -4.63. The van der Waals surface area contributed by atoms with Gasteiger partial charge >= 0.3 is 11.9 Å². The van der Waals surface area contributed by atoms with E-state index < -0.39 is 28.9 Å². The maximum atomic E-state index is 13.1. The first-order chi connectivity index (χ1) is 14.8. The quantitative estimate of drug-likeness (QED) is 0.644. The van der Waals surface area contributed by atoms with E-state index in [-0.39, 0.29) is 28.6 Å². The number of benzene rings is 1. The number of carbonyl (C=O) groups is 1. The van der Waals surface area contributed by atoms with Crippen molar-refractivity contribution < 1.29 is 22.7 Å². The zero-order chi connectivity index (χ0) is 22.2. The van der Waals surface area contributed by atoms with Crippen molar-refractivity contribution in [3.8, 4) is 5.69 Å². The van der Waals surface area contributed by atoms with E-state index in [9.17, 15) is 27.6 Å². The number of hydrogen-bond acceptors (Lipinski definition) is 5. The van der Waals surface area contributed by atoms with E-state index >= 15 is 0 Å². The van der Waals surface area contributed by atoms with Gasteiger partial charge in [0.15, 0.2) is 0 Å². The first-order valence-electron chi connectivity index (χ1n) is 9.54. The monoisotopic (exact) mass is 453 g/mol. The van der Waals surface area contributed by atoms with Crippen LogP contribution >= 0.6 is 11.3 Å². The lowest BCUT2D eigenvalue weighted by Gasteiger charge is -2.15. The molecule has 0 bridgehead atoms. The highest BCUT2D eigenvalue weighted by Gasteiger charge is 2.31. The number of ether oxygens (including phenoxy) is 1. The zero-order valence-electron chi connectivity index (χ0n) is 16.1. The summed E-state index contributed by atoms with van der Waals surface area (Å²) in [6, 6.07) is 5.51. The van der Waals surface area contributed by atoms with Gasteiger partial charge in [-0.1, -0.05) is 6.07 Å². The molecular weight excluding hydrogens is 435 g/mol. The Balaban J connectivity index is 1.74.